The molecule has 1 aliphatic carbocycles. The fourth-order valence-corrected chi connectivity index (χ4v) is 3.81. The van der Waals surface area contributed by atoms with E-state index in [1.165, 1.54) is 18.3 Å². The van der Waals surface area contributed by atoms with Crippen molar-refractivity contribution in [3.63, 3.8) is 0 Å². The number of allylic oxidation sites excluding steroid dienone is 1. The molecule has 0 saturated heterocycles. The minimum Gasteiger partial charge on any atom is -0.459 e. The Bertz CT molecular complexity index is 832. The van der Waals surface area contributed by atoms with E-state index >= 15 is 0 Å². The normalized spacial score (nSPS) is 20.5. The lowest BCUT2D eigenvalue weighted by molar-refractivity contribution is -0.146. The molecule has 1 fully saturated rings. The molecule has 2 aliphatic rings. The molecule has 136 valence electrons. The highest BCUT2D eigenvalue weighted by atomic mass is 16.5. The maximum Gasteiger partial charge on any atom is 0.338 e. The van der Waals surface area contributed by atoms with Gasteiger partial charge in [-0.25, -0.2) is 9.48 Å². The summed E-state index contributed by atoms with van der Waals surface area (Å²) < 4.78 is 7.63. The van der Waals surface area contributed by atoms with Crippen LogP contribution in [0.4, 0.5) is 5.95 Å². The van der Waals surface area contributed by atoms with E-state index in [-0.39, 0.29) is 18.1 Å². The minimum atomic E-state index is -0.328. The summed E-state index contributed by atoms with van der Waals surface area (Å²) in [4.78, 5) is 17.3. The Balaban J connectivity index is 1.69. The Labute approximate surface area is 153 Å². The molecular weight excluding hydrogens is 328 g/mol. The van der Waals surface area contributed by atoms with Crippen LogP contribution < -0.4 is 5.32 Å². The number of benzene rings is 1. The molecule has 0 amide bonds. The number of anilines is 1. The number of hydrogen-bond donors (Lipinski definition) is 1. The minimum absolute atomic E-state index is 0.0207. The van der Waals surface area contributed by atoms with Gasteiger partial charge in [-0.1, -0.05) is 36.2 Å². The molecule has 1 aromatic carbocycles. The fraction of sp³-hybridized carbons (Fsp3) is 0.450. The summed E-state index contributed by atoms with van der Waals surface area (Å²) in [6.45, 7) is 3.95. The van der Waals surface area contributed by atoms with Crippen molar-refractivity contribution in [2.45, 2.75) is 58.1 Å². The van der Waals surface area contributed by atoms with Gasteiger partial charge in [0.15, 0.2) is 0 Å². The van der Waals surface area contributed by atoms with Gasteiger partial charge >= 0.3 is 5.97 Å². The number of aryl methyl sites for hydroxylation is 1. The maximum absolute atomic E-state index is 13.1. The Hall–Kier alpha value is -2.63. The molecule has 6 nitrogen and oxygen atoms in total. The summed E-state index contributed by atoms with van der Waals surface area (Å²) in [5, 5.41) is 7.54. The third-order valence-electron chi connectivity index (χ3n) is 5.23. The molecular formula is C20H24N4O2. The number of fused-ring (bicyclic) bond motifs is 1. The monoisotopic (exact) mass is 352 g/mol. The van der Waals surface area contributed by atoms with Crippen molar-refractivity contribution in [1.82, 2.24) is 14.8 Å². The van der Waals surface area contributed by atoms with Crippen LogP contribution in [-0.4, -0.2) is 26.8 Å². The Morgan fingerprint density at radius 2 is 1.88 bits per heavy atom. The zero-order chi connectivity index (χ0) is 18.1. The number of aromatic nitrogens is 3. The number of nitrogens with zero attached hydrogens (tertiary/aromatic N) is 3. The summed E-state index contributed by atoms with van der Waals surface area (Å²) in [7, 11) is 0. The third kappa shape index (κ3) is 3.11. The first-order chi connectivity index (χ1) is 12.6. The van der Waals surface area contributed by atoms with Gasteiger partial charge in [-0.3, -0.25) is 0 Å². The molecule has 1 atom stereocenters. The zero-order valence-corrected chi connectivity index (χ0v) is 15.2. The second-order valence-electron chi connectivity index (χ2n) is 7.17. The van der Waals surface area contributed by atoms with Crippen molar-refractivity contribution in [3.8, 4) is 0 Å². The Morgan fingerprint density at radius 3 is 2.62 bits per heavy atom. The van der Waals surface area contributed by atoms with Gasteiger partial charge in [0.25, 0.3) is 0 Å². The molecule has 0 bridgehead atoms. The lowest BCUT2D eigenvalue weighted by Gasteiger charge is -2.30. The highest BCUT2D eigenvalue weighted by molar-refractivity contribution is 5.92. The van der Waals surface area contributed by atoms with Crippen LogP contribution in [0, 0.1) is 6.92 Å². The van der Waals surface area contributed by atoms with E-state index in [0.29, 0.717) is 11.5 Å². The predicted molar refractivity (Wildman–Crippen MR) is 98.6 cm³/mol. The molecule has 1 aromatic heterocycles. The van der Waals surface area contributed by atoms with E-state index in [1.807, 2.05) is 38.1 Å². The first-order valence-corrected chi connectivity index (χ1v) is 9.28. The number of hydrogen-bond acceptors (Lipinski definition) is 5. The Kier molecular flexibility index (Phi) is 4.49. The van der Waals surface area contributed by atoms with E-state index in [2.05, 4.69) is 15.4 Å². The second kappa shape index (κ2) is 6.94. The number of rotatable bonds is 3. The molecule has 6 heteroatoms. The standard InChI is InChI=1S/C20H24N4O2/c1-13-8-10-15(11-9-13)18-17(14(2)23-20-21-12-22-24(18)20)19(25)26-16-6-4-3-5-7-16/h8-12,16,18H,3-7H2,1-2H3,(H,21,22,23). The first kappa shape index (κ1) is 16.8. The summed E-state index contributed by atoms with van der Waals surface area (Å²) in [5.41, 5.74) is 3.56. The van der Waals surface area contributed by atoms with Gasteiger partial charge in [-0.2, -0.15) is 10.1 Å². The summed E-state index contributed by atoms with van der Waals surface area (Å²) in [5.74, 6) is 0.385. The molecule has 0 spiro atoms. The first-order valence-electron chi connectivity index (χ1n) is 9.28. The van der Waals surface area contributed by atoms with Crippen LogP contribution >= 0.6 is 0 Å². The molecule has 26 heavy (non-hydrogen) atoms. The predicted octanol–water partition coefficient (Wildman–Crippen LogP) is 3.75. The van der Waals surface area contributed by atoms with Crippen LogP contribution in [0.15, 0.2) is 41.9 Å². The van der Waals surface area contributed by atoms with E-state index in [9.17, 15) is 4.79 Å². The highest BCUT2D eigenvalue weighted by Crippen LogP contribution is 2.36. The summed E-state index contributed by atoms with van der Waals surface area (Å²) in [6.07, 6.45) is 6.92. The van der Waals surface area contributed by atoms with Gasteiger partial charge in [0.05, 0.1) is 5.57 Å². The molecule has 1 saturated carbocycles. The molecule has 4 rings (SSSR count). The van der Waals surface area contributed by atoms with Crippen LogP contribution in [0.3, 0.4) is 0 Å². The van der Waals surface area contributed by atoms with Crippen LogP contribution in [0.5, 0.6) is 0 Å². The number of nitrogens with one attached hydrogen (secondary N) is 1. The largest absolute Gasteiger partial charge is 0.459 e. The molecule has 2 aromatic rings. The van der Waals surface area contributed by atoms with Crippen molar-refractivity contribution in [2.24, 2.45) is 0 Å². The molecule has 1 aliphatic heterocycles. The summed E-state index contributed by atoms with van der Waals surface area (Å²) in [6, 6.07) is 7.85. The van der Waals surface area contributed by atoms with Crippen LogP contribution in [-0.2, 0) is 9.53 Å². The number of esters is 1. The average molecular weight is 352 g/mol. The van der Waals surface area contributed by atoms with Gasteiger partial charge in [-0.15, -0.1) is 0 Å². The van der Waals surface area contributed by atoms with Gasteiger partial charge in [0, 0.05) is 5.70 Å². The van der Waals surface area contributed by atoms with Gasteiger partial charge < -0.3 is 10.1 Å². The third-order valence-corrected chi connectivity index (χ3v) is 5.23. The zero-order valence-electron chi connectivity index (χ0n) is 15.2. The van der Waals surface area contributed by atoms with Gasteiger partial charge in [0.2, 0.25) is 5.95 Å². The fourth-order valence-electron chi connectivity index (χ4n) is 3.81. The Morgan fingerprint density at radius 1 is 1.15 bits per heavy atom. The average Bonchev–Trinajstić information content (AvgIpc) is 3.10. The lowest BCUT2D eigenvalue weighted by atomic mass is 9.94. The molecule has 1 unspecified atom stereocenters. The van der Waals surface area contributed by atoms with E-state index < -0.39 is 0 Å². The quantitative estimate of drug-likeness (QED) is 0.852. The van der Waals surface area contributed by atoms with E-state index in [0.717, 1.165) is 36.9 Å². The van der Waals surface area contributed by atoms with Crippen molar-refractivity contribution in [2.75, 3.05) is 5.32 Å². The number of carbonyl (C=O) groups excluding carboxylic acids is 1. The van der Waals surface area contributed by atoms with Crippen molar-refractivity contribution < 1.29 is 9.53 Å². The topological polar surface area (TPSA) is 69.0 Å². The molecule has 0 radical (unpaired) electrons. The van der Waals surface area contributed by atoms with Crippen LogP contribution in [0.2, 0.25) is 0 Å². The van der Waals surface area contributed by atoms with Gasteiger partial charge in [-0.05, 0) is 45.1 Å². The number of carbonyl (C=O) groups is 1. The maximum atomic E-state index is 13.1. The van der Waals surface area contributed by atoms with Crippen molar-refractivity contribution in [1.29, 1.82) is 0 Å². The molecule has 1 N–H and O–H groups in total. The van der Waals surface area contributed by atoms with Crippen LogP contribution in [0.1, 0.15) is 56.2 Å². The summed E-state index contributed by atoms with van der Waals surface area (Å²) >= 11 is 0. The smallest absolute Gasteiger partial charge is 0.338 e. The number of ether oxygens (including phenoxy) is 1. The van der Waals surface area contributed by atoms with Crippen LogP contribution in [0.25, 0.3) is 0 Å². The van der Waals surface area contributed by atoms with E-state index in [4.69, 9.17) is 4.74 Å². The molecule has 2 heterocycles. The van der Waals surface area contributed by atoms with Crippen molar-refractivity contribution in [3.05, 3.63) is 53.0 Å². The SMILES string of the molecule is CC1=C(C(=O)OC2CCCCC2)C(c2ccc(C)cc2)n2ncnc2N1. The second-order valence-corrected chi connectivity index (χ2v) is 7.17. The van der Waals surface area contributed by atoms with Gasteiger partial charge in [0.1, 0.15) is 18.5 Å². The van der Waals surface area contributed by atoms with E-state index in [1.54, 1.807) is 4.68 Å². The van der Waals surface area contributed by atoms with Crippen molar-refractivity contribution >= 4 is 11.9 Å². The highest BCUT2D eigenvalue weighted by Gasteiger charge is 2.35. The lowest BCUT2D eigenvalue weighted by Crippen LogP contribution is -2.32.